The molecule has 2 nitrogen and oxygen atoms in total. The van der Waals surface area contributed by atoms with E-state index in [1.807, 2.05) is 0 Å². The van der Waals surface area contributed by atoms with Crippen LogP contribution in [0.4, 0.5) is 0 Å². The highest BCUT2D eigenvalue weighted by atomic mass is 16.5. The molecule has 3 rings (SSSR count). The molecule has 2 aliphatic carbocycles. The van der Waals surface area contributed by atoms with Gasteiger partial charge in [-0.15, -0.1) is 0 Å². The molecule has 2 heteroatoms. The van der Waals surface area contributed by atoms with Gasteiger partial charge in [0.1, 0.15) is 5.75 Å². The van der Waals surface area contributed by atoms with Crippen molar-refractivity contribution >= 4 is 0 Å². The molecule has 0 amide bonds. The number of nitrogens with one attached hydrogen (secondary N) is 1. The predicted octanol–water partition coefficient (Wildman–Crippen LogP) is 4.29. The van der Waals surface area contributed by atoms with E-state index in [0.717, 1.165) is 18.3 Å². The molecule has 1 aromatic rings. The van der Waals surface area contributed by atoms with Crippen LogP contribution in [0.25, 0.3) is 0 Å². The zero-order valence-corrected chi connectivity index (χ0v) is 13.7. The van der Waals surface area contributed by atoms with Crippen molar-refractivity contribution in [3.63, 3.8) is 0 Å². The van der Waals surface area contributed by atoms with Gasteiger partial charge < -0.3 is 10.1 Å². The number of methoxy groups -OCH3 is 1. The largest absolute Gasteiger partial charge is 0.497 e. The topological polar surface area (TPSA) is 21.3 Å². The van der Waals surface area contributed by atoms with E-state index in [9.17, 15) is 0 Å². The normalized spacial score (nSPS) is 22.6. The second-order valence-corrected chi connectivity index (χ2v) is 7.23. The van der Waals surface area contributed by atoms with Gasteiger partial charge in [-0.25, -0.2) is 0 Å². The zero-order chi connectivity index (χ0) is 14.9. The molecule has 0 heterocycles. The molecule has 2 fully saturated rings. The highest BCUT2D eigenvalue weighted by molar-refractivity contribution is 5.37. The van der Waals surface area contributed by atoms with Gasteiger partial charge in [0.15, 0.2) is 0 Å². The molecule has 0 aliphatic heterocycles. The van der Waals surface area contributed by atoms with Crippen molar-refractivity contribution < 1.29 is 4.74 Å². The van der Waals surface area contributed by atoms with Crippen molar-refractivity contribution in [2.45, 2.75) is 63.8 Å². The fraction of sp³-hybridized carbons (Fsp3) is 0.684. The third-order valence-corrected chi connectivity index (χ3v) is 5.92. The number of rotatable bonds is 7. The predicted molar refractivity (Wildman–Crippen MR) is 87.9 cm³/mol. The summed E-state index contributed by atoms with van der Waals surface area (Å²) in [6.45, 7) is 5.84. The summed E-state index contributed by atoms with van der Waals surface area (Å²) in [7, 11) is 1.76. The molecule has 0 bridgehead atoms. The highest BCUT2D eigenvalue weighted by Gasteiger charge is 2.53. The smallest absolute Gasteiger partial charge is 0.119 e. The van der Waals surface area contributed by atoms with E-state index in [1.165, 1.54) is 44.1 Å². The standard InChI is InChI=1S/C19H29NO/c1-4-18(5-2)12-19(13-18,14-20-16-9-10-16)15-7-6-8-17(11-15)21-3/h6-8,11,16,20H,4-5,9-10,12-14H2,1-3H3. The van der Waals surface area contributed by atoms with Gasteiger partial charge in [-0.3, -0.25) is 0 Å². The van der Waals surface area contributed by atoms with E-state index >= 15 is 0 Å². The first kappa shape index (κ1) is 14.9. The Hall–Kier alpha value is -1.02. The van der Waals surface area contributed by atoms with Crippen LogP contribution in [0.2, 0.25) is 0 Å². The summed E-state index contributed by atoms with van der Waals surface area (Å²) in [4.78, 5) is 0. The monoisotopic (exact) mass is 287 g/mol. The lowest BCUT2D eigenvalue weighted by Crippen LogP contribution is -2.54. The Morgan fingerprint density at radius 2 is 1.90 bits per heavy atom. The van der Waals surface area contributed by atoms with Gasteiger partial charge >= 0.3 is 0 Å². The molecule has 0 spiro atoms. The Morgan fingerprint density at radius 1 is 1.19 bits per heavy atom. The van der Waals surface area contributed by atoms with E-state index in [2.05, 4.69) is 43.4 Å². The number of hydrogen-bond acceptors (Lipinski definition) is 2. The van der Waals surface area contributed by atoms with Crippen molar-refractivity contribution in [3.05, 3.63) is 29.8 Å². The molecule has 2 saturated carbocycles. The average Bonchev–Trinajstić information content (AvgIpc) is 3.31. The van der Waals surface area contributed by atoms with Crippen molar-refractivity contribution in [2.24, 2.45) is 5.41 Å². The minimum Gasteiger partial charge on any atom is -0.497 e. The fourth-order valence-corrected chi connectivity index (χ4v) is 4.15. The van der Waals surface area contributed by atoms with Gasteiger partial charge in [-0.2, -0.15) is 0 Å². The summed E-state index contributed by atoms with van der Waals surface area (Å²) >= 11 is 0. The molecule has 0 radical (unpaired) electrons. The summed E-state index contributed by atoms with van der Waals surface area (Å²) in [5.74, 6) is 0.990. The van der Waals surface area contributed by atoms with Crippen LogP contribution in [-0.4, -0.2) is 19.7 Å². The third kappa shape index (κ3) is 2.83. The van der Waals surface area contributed by atoms with E-state index in [4.69, 9.17) is 4.74 Å². The zero-order valence-electron chi connectivity index (χ0n) is 13.7. The third-order valence-electron chi connectivity index (χ3n) is 5.92. The fourth-order valence-electron chi connectivity index (χ4n) is 4.15. The Morgan fingerprint density at radius 3 is 2.48 bits per heavy atom. The van der Waals surface area contributed by atoms with Crippen molar-refractivity contribution in [3.8, 4) is 5.75 Å². The first-order chi connectivity index (χ1) is 10.2. The van der Waals surface area contributed by atoms with E-state index < -0.39 is 0 Å². The van der Waals surface area contributed by atoms with Crippen LogP contribution < -0.4 is 10.1 Å². The van der Waals surface area contributed by atoms with Crippen molar-refractivity contribution in [1.82, 2.24) is 5.32 Å². The van der Waals surface area contributed by atoms with Gasteiger partial charge in [0.05, 0.1) is 7.11 Å². The quantitative estimate of drug-likeness (QED) is 0.808. The Kier molecular flexibility index (Phi) is 4.00. The van der Waals surface area contributed by atoms with Gasteiger partial charge in [0.25, 0.3) is 0 Å². The van der Waals surface area contributed by atoms with Crippen LogP contribution in [0.5, 0.6) is 5.75 Å². The maximum atomic E-state index is 5.44. The Labute approximate surface area is 129 Å². The first-order valence-corrected chi connectivity index (χ1v) is 8.53. The minimum atomic E-state index is 0.323. The maximum absolute atomic E-state index is 5.44. The Bertz CT molecular complexity index is 480. The molecule has 0 saturated heterocycles. The van der Waals surface area contributed by atoms with Gasteiger partial charge in [0.2, 0.25) is 0 Å². The number of ether oxygens (including phenoxy) is 1. The molecule has 116 valence electrons. The summed E-state index contributed by atoms with van der Waals surface area (Å²) in [5.41, 5.74) is 2.35. The van der Waals surface area contributed by atoms with E-state index in [-0.39, 0.29) is 0 Å². The summed E-state index contributed by atoms with van der Waals surface area (Å²) in [5, 5.41) is 3.78. The van der Waals surface area contributed by atoms with Crippen LogP contribution in [0.15, 0.2) is 24.3 Å². The molecule has 1 N–H and O–H groups in total. The van der Waals surface area contributed by atoms with Gasteiger partial charge in [-0.1, -0.05) is 38.8 Å². The first-order valence-electron chi connectivity index (χ1n) is 8.53. The highest BCUT2D eigenvalue weighted by Crippen LogP contribution is 2.59. The molecule has 0 atom stereocenters. The average molecular weight is 287 g/mol. The molecule has 21 heavy (non-hydrogen) atoms. The lowest BCUT2D eigenvalue weighted by atomic mass is 9.48. The second kappa shape index (κ2) is 5.64. The van der Waals surface area contributed by atoms with Crippen LogP contribution in [0.1, 0.15) is 57.9 Å². The number of hydrogen-bond donors (Lipinski definition) is 1. The lowest BCUT2D eigenvalue weighted by Gasteiger charge is -2.57. The SMILES string of the molecule is CCC1(CC)CC(CNC2CC2)(c2cccc(OC)c2)C1. The molecule has 1 aromatic carbocycles. The summed E-state index contributed by atoms with van der Waals surface area (Å²) in [6, 6.07) is 9.53. The maximum Gasteiger partial charge on any atom is 0.119 e. The molecule has 0 unspecified atom stereocenters. The van der Waals surface area contributed by atoms with Gasteiger partial charge in [-0.05, 0) is 48.8 Å². The molecular weight excluding hydrogens is 258 g/mol. The van der Waals surface area contributed by atoms with E-state index in [0.29, 0.717) is 10.8 Å². The van der Waals surface area contributed by atoms with Crippen LogP contribution in [-0.2, 0) is 5.41 Å². The van der Waals surface area contributed by atoms with Crippen LogP contribution in [0.3, 0.4) is 0 Å². The van der Waals surface area contributed by atoms with Gasteiger partial charge in [0, 0.05) is 18.0 Å². The Balaban J connectivity index is 1.82. The molecule has 2 aliphatic rings. The number of benzene rings is 1. The second-order valence-electron chi connectivity index (χ2n) is 7.23. The lowest BCUT2D eigenvalue weighted by molar-refractivity contribution is 0.0126. The molecule has 0 aromatic heterocycles. The van der Waals surface area contributed by atoms with Crippen molar-refractivity contribution in [1.29, 1.82) is 0 Å². The summed E-state index contributed by atoms with van der Waals surface area (Å²) in [6.07, 6.45) is 7.97. The van der Waals surface area contributed by atoms with Crippen LogP contribution >= 0.6 is 0 Å². The van der Waals surface area contributed by atoms with Crippen LogP contribution in [0, 0.1) is 5.41 Å². The minimum absolute atomic E-state index is 0.323. The van der Waals surface area contributed by atoms with E-state index in [1.54, 1.807) is 7.11 Å². The van der Waals surface area contributed by atoms with Crippen molar-refractivity contribution in [2.75, 3.05) is 13.7 Å². The molecular formula is C19H29NO. The summed E-state index contributed by atoms with van der Waals surface area (Å²) < 4.78 is 5.44.